The molecule has 6 nitrogen and oxygen atoms in total. The van der Waals surface area contributed by atoms with Crippen molar-refractivity contribution in [2.24, 2.45) is 5.92 Å². The SMILES string of the molecule is c1cnc(Oc2cccc(CN3CCOC[C@@H](Cc4ccc5ccncc5c4)C3)c2)nc1. The Morgan fingerprint density at radius 3 is 2.81 bits per heavy atom. The molecule has 2 aromatic heterocycles. The quantitative estimate of drug-likeness (QED) is 0.452. The number of fused-ring (bicyclic) bond motifs is 1. The van der Waals surface area contributed by atoms with Gasteiger partial charge in [-0.25, -0.2) is 9.97 Å². The van der Waals surface area contributed by atoms with Crippen LogP contribution in [0.15, 0.2) is 79.4 Å². The molecule has 1 atom stereocenters. The number of ether oxygens (including phenoxy) is 2. The maximum atomic E-state index is 5.94. The van der Waals surface area contributed by atoms with Crippen molar-refractivity contribution in [3.8, 4) is 11.8 Å². The fraction of sp³-hybridized carbons (Fsp3) is 0.269. The van der Waals surface area contributed by atoms with Crippen LogP contribution >= 0.6 is 0 Å². The average molecular weight is 427 g/mol. The summed E-state index contributed by atoms with van der Waals surface area (Å²) in [6, 6.07) is 19.0. The minimum atomic E-state index is 0.360. The highest BCUT2D eigenvalue weighted by molar-refractivity contribution is 5.82. The van der Waals surface area contributed by atoms with Gasteiger partial charge >= 0.3 is 6.01 Å². The number of rotatable bonds is 6. The first-order valence-electron chi connectivity index (χ1n) is 11.0. The van der Waals surface area contributed by atoms with Gasteiger partial charge in [0.1, 0.15) is 5.75 Å². The molecule has 0 N–H and O–H groups in total. The van der Waals surface area contributed by atoms with Crippen LogP contribution in [0.4, 0.5) is 0 Å². The van der Waals surface area contributed by atoms with Gasteiger partial charge in [-0.2, -0.15) is 0 Å². The van der Waals surface area contributed by atoms with Crippen molar-refractivity contribution >= 4 is 10.8 Å². The normalized spacial score (nSPS) is 17.2. The lowest BCUT2D eigenvalue weighted by molar-refractivity contribution is 0.121. The second-order valence-electron chi connectivity index (χ2n) is 8.22. The van der Waals surface area contributed by atoms with Crippen LogP contribution in [0, 0.1) is 5.92 Å². The van der Waals surface area contributed by atoms with Gasteiger partial charge in [0.2, 0.25) is 0 Å². The van der Waals surface area contributed by atoms with Gasteiger partial charge in [0.25, 0.3) is 0 Å². The smallest absolute Gasteiger partial charge is 0.321 e. The molecule has 1 aliphatic heterocycles. The molecule has 0 unspecified atom stereocenters. The molecule has 0 radical (unpaired) electrons. The Balaban J connectivity index is 1.24. The van der Waals surface area contributed by atoms with Crippen molar-refractivity contribution in [2.75, 3.05) is 26.3 Å². The number of benzene rings is 2. The Kier molecular flexibility index (Phi) is 6.32. The summed E-state index contributed by atoms with van der Waals surface area (Å²) in [6.45, 7) is 4.32. The maximum absolute atomic E-state index is 5.94. The lowest BCUT2D eigenvalue weighted by atomic mass is 9.97. The van der Waals surface area contributed by atoms with Crippen molar-refractivity contribution in [1.82, 2.24) is 19.9 Å². The van der Waals surface area contributed by atoms with Gasteiger partial charge in [0.05, 0.1) is 13.2 Å². The monoisotopic (exact) mass is 426 g/mol. The molecule has 4 aromatic rings. The largest absolute Gasteiger partial charge is 0.424 e. The van der Waals surface area contributed by atoms with E-state index < -0.39 is 0 Å². The molecule has 2 aromatic carbocycles. The van der Waals surface area contributed by atoms with E-state index in [1.54, 1.807) is 18.5 Å². The second-order valence-corrected chi connectivity index (χ2v) is 8.22. The van der Waals surface area contributed by atoms with Crippen LogP contribution in [0.25, 0.3) is 10.8 Å². The van der Waals surface area contributed by atoms with Gasteiger partial charge in [0, 0.05) is 49.8 Å². The fourth-order valence-electron chi connectivity index (χ4n) is 4.22. The van der Waals surface area contributed by atoms with E-state index in [0.717, 1.165) is 45.0 Å². The zero-order valence-electron chi connectivity index (χ0n) is 17.9. The van der Waals surface area contributed by atoms with E-state index in [2.05, 4.69) is 56.3 Å². The van der Waals surface area contributed by atoms with E-state index in [4.69, 9.17) is 9.47 Å². The van der Waals surface area contributed by atoms with Gasteiger partial charge in [-0.05, 0) is 59.2 Å². The average Bonchev–Trinajstić information content (AvgIpc) is 3.04. The summed E-state index contributed by atoms with van der Waals surface area (Å²) in [5.74, 6) is 1.20. The third-order valence-electron chi connectivity index (χ3n) is 5.71. The van der Waals surface area contributed by atoms with Crippen molar-refractivity contribution in [2.45, 2.75) is 13.0 Å². The zero-order valence-corrected chi connectivity index (χ0v) is 17.9. The number of aromatic nitrogens is 3. The highest BCUT2D eigenvalue weighted by Gasteiger charge is 2.19. The first kappa shape index (κ1) is 20.5. The molecule has 0 saturated carbocycles. The zero-order chi connectivity index (χ0) is 21.6. The van der Waals surface area contributed by atoms with Gasteiger partial charge in [0.15, 0.2) is 0 Å². The van der Waals surface area contributed by atoms with Crippen LogP contribution in [-0.2, 0) is 17.7 Å². The van der Waals surface area contributed by atoms with Crippen molar-refractivity contribution in [1.29, 1.82) is 0 Å². The third-order valence-corrected chi connectivity index (χ3v) is 5.71. The highest BCUT2D eigenvalue weighted by Crippen LogP contribution is 2.22. The summed E-state index contributed by atoms with van der Waals surface area (Å²) in [5, 5.41) is 2.42. The Labute approximate surface area is 187 Å². The maximum Gasteiger partial charge on any atom is 0.321 e. The first-order chi connectivity index (χ1) is 15.8. The molecule has 0 spiro atoms. The summed E-state index contributed by atoms with van der Waals surface area (Å²) in [5.41, 5.74) is 2.54. The Bertz CT molecular complexity index is 1170. The van der Waals surface area contributed by atoms with Gasteiger partial charge in [-0.1, -0.05) is 24.3 Å². The number of nitrogens with zero attached hydrogens (tertiary/aromatic N) is 4. The van der Waals surface area contributed by atoms with E-state index >= 15 is 0 Å². The Morgan fingerprint density at radius 2 is 1.88 bits per heavy atom. The molecule has 1 saturated heterocycles. The minimum absolute atomic E-state index is 0.360. The summed E-state index contributed by atoms with van der Waals surface area (Å²) in [6.07, 6.45) is 8.12. The molecular weight excluding hydrogens is 400 g/mol. The predicted octanol–water partition coefficient (Wildman–Crippen LogP) is 4.51. The Morgan fingerprint density at radius 1 is 0.938 bits per heavy atom. The molecule has 6 heteroatoms. The summed E-state index contributed by atoms with van der Waals surface area (Å²) in [7, 11) is 0. The van der Waals surface area contributed by atoms with Crippen molar-refractivity contribution in [3.63, 3.8) is 0 Å². The third kappa shape index (κ3) is 5.28. The molecule has 3 heterocycles. The van der Waals surface area contributed by atoms with Gasteiger partial charge in [-0.15, -0.1) is 0 Å². The highest BCUT2D eigenvalue weighted by atomic mass is 16.5. The number of hydrogen-bond acceptors (Lipinski definition) is 6. The lowest BCUT2D eigenvalue weighted by Crippen LogP contribution is -2.30. The molecule has 1 aliphatic rings. The molecule has 162 valence electrons. The second kappa shape index (κ2) is 9.85. The van der Waals surface area contributed by atoms with Gasteiger partial charge < -0.3 is 9.47 Å². The van der Waals surface area contributed by atoms with Crippen LogP contribution in [0.5, 0.6) is 11.8 Å². The molecular formula is C26H26N4O2. The standard InChI is InChI=1S/C26H26N4O2/c1-3-21(15-25(4-1)32-26-28-8-2-9-29-26)17-30-11-12-31-19-22(18-30)13-20-5-6-23-7-10-27-16-24(23)14-20/h1-10,14-16,22H,11-13,17-19H2/t22-/m0/s1. The molecule has 0 amide bonds. The van der Waals surface area contributed by atoms with Crippen molar-refractivity contribution in [3.05, 3.63) is 90.5 Å². The summed E-state index contributed by atoms with van der Waals surface area (Å²) < 4.78 is 11.7. The topological polar surface area (TPSA) is 60.4 Å². The Hall–Kier alpha value is -3.35. The number of hydrogen-bond donors (Lipinski definition) is 0. The van der Waals surface area contributed by atoms with E-state index in [9.17, 15) is 0 Å². The summed E-state index contributed by atoms with van der Waals surface area (Å²) in [4.78, 5) is 15.0. The van der Waals surface area contributed by atoms with Crippen molar-refractivity contribution < 1.29 is 9.47 Å². The summed E-state index contributed by atoms with van der Waals surface area (Å²) >= 11 is 0. The molecule has 1 fully saturated rings. The lowest BCUT2D eigenvalue weighted by Gasteiger charge is -2.23. The molecule has 5 rings (SSSR count). The molecule has 0 aliphatic carbocycles. The molecule has 32 heavy (non-hydrogen) atoms. The predicted molar refractivity (Wildman–Crippen MR) is 124 cm³/mol. The van der Waals surface area contributed by atoms with E-state index in [1.807, 2.05) is 24.5 Å². The van der Waals surface area contributed by atoms with Crippen LogP contribution in [-0.4, -0.2) is 46.2 Å². The van der Waals surface area contributed by atoms with Crippen LogP contribution in [0.1, 0.15) is 11.1 Å². The minimum Gasteiger partial charge on any atom is -0.424 e. The van der Waals surface area contributed by atoms with E-state index in [1.165, 1.54) is 21.9 Å². The van der Waals surface area contributed by atoms with Crippen LogP contribution < -0.4 is 4.74 Å². The van der Waals surface area contributed by atoms with Crippen LogP contribution in [0.3, 0.4) is 0 Å². The molecule has 0 bridgehead atoms. The van der Waals surface area contributed by atoms with Gasteiger partial charge in [-0.3, -0.25) is 9.88 Å². The van der Waals surface area contributed by atoms with Crippen LogP contribution in [0.2, 0.25) is 0 Å². The first-order valence-corrected chi connectivity index (χ1v) is 11.0. The van der Waals surface area contributed by atoms with E-state index in [-0.39, 0.29) is 0 Å². The van der Waals surface area contributed by atoms with E-state index in [0.29, 0.717) is 11.9 Å². The number of pyridine rings is 1. The fourth-order valence-corrected chi connectivity index (χ4v) is 4.22.